The zero-order valence-electron chi connectivity index (χ0n) is 25.0. The number of piperidine rings is 1. The minimum Gasteiger partial charge on any atom is -0.359 e. The topological polar surface area (TPSA) is 91.0 Å². The van der Waals surface area contributed by atoms with E-state index in [-0.39, 0.29) is 23.8 Å². The van der Waals surface area contributed by atoms with Gasteiger partial charge in [-0.25, -0.2) is 0 Å². The van der Waals surface area contributed by atoms with Gasteiger partial charge in [0.25, 0.3) is 0 Å². The molecule has 1 aromatic carbocycles. The Balaban J connectivity index is 1.28. The average Bonchev–Trinajstić information content (AvgIpc) is 3.57. The number of carbonyl (C=O) groups is 3. The number of aryl methyl sites for hydroxylation is 2. The monoisotopic (exact) mass is 562 g/mol. The highest BCUT2D eigenvalue weighted by Gasteiger charge is 2.72. The van der Waals surface area contributed by atoms with Crippen molar-refractivity contribution >= 4 is 23.4 Å². The summed E-state index contributed by atoms with van der Waals surface area (Å²) in [6.45, 7) is 11.7. The number of anilines is 1. The molecule has 1 aliphatic carbocycles. The minimum absolute atomic E-state index is 0.0759. The lowest BCUT2D eigenvalue weighted by Crippen LogP contribution is -2.58. The molecule has 8 unspecified atom stereocenters. The predicted octanol–water partition coefficient (Wildman–Crippen LogP) is 3.82. The van der Waals surface area contributed by atoms with Crippen LogP contribution in [0.5, 0.6) is 0 Å². The molecule has 1 spiro atoms. The molecule has 4 fully saturated rings. The van der Waals surface area contributed by atoms with Gasteiger partial charge in [-0.2, -0.15) is 0 Å². The van der Waals surface area contributed by atoms with Gasteiger partial charge in [0.05, 0.1) is 17.9 Å². The number of carbonyl (C=O) groups excluding carboxylic acids is 3. The fourth-order valence-electron chi connectivity index (χ4n) is 8.26. The van der Waals surface area contributed by atoms with Crippen LogP contribution in [0.4, 0.5) is 5.69 Å². The number of amides is 3. The Morgan fingerprint density at radius 3 is 2.44 bits per heavy atom. The van der Waals surface area contributed by atoms with Crippen molar-refractivity contribution in [2.24, 2.45) is 23.7 Å². The van der Waals surface area contributed by atoms with E-state index in [0.29, 0.717) is 18.4 Å². The molecule has 6 rings (SSSR count). The average molecular weight is 563 g/mol. The van der Waals surface area contributed by atoms with Gasteiger partial charge in [-0.3, -0.25) is 14.4 Å². The highest BCUT2D eigenvalue weighted by atomic mass is 16.5. The second kappa shape index (κ2) is 11.2. The SMILES string of the molecule is Cc1cc(C)cc(NC(=O)C2C3C=CC4(O3)C2C(=O)N(CCN2CCCCC2)C4C(=O)NC2CCCC(C)C2C)c1. The zero-order chi connectivity index (χ0) is 28.9. The van der Waals surface area contributed by atoms with Crippen molar-refractivity contribution in [2.75, 3.05) is 31.5 Å². The van der Waals surface area contributed by atoms with Crippen LogP contribution in [0.2, 0.25) is 0 Å². The summed E-state index contributed by atoms with van der Waals surface area (Å²) in [5.74, 6) is -1.01. The van der Waals surface area contributed by atoms with E-state index in [4.69, 9.17) is 4.74 Å². The molecule has 0 radical (unpaired) electrons. The molecule has 5 aliphatic rings. The molecule has 2 bridgehead atoms. The number of hydrogen-bond donors (Lipinski definition) is 2. The van der Waals surface area contributed by atoms with Crippen molar-refractivity contribution in [2.45, 2.75) is 90.0 Å². The molecule has 4 heterocycles. The molecule has 222 valence electrons. The van der Waals surface area contributed by atoms with E-state index in [1.165, 1.54) is 12.8 Å². The van der Waals surface area contributed by atoms with E-state index in [1.807, 2.05) is 38.1 Å². The fourth-order valence-corrected chi connectivity index (χ4v) is 8.26. The van der Waals surface area contributed by atoms with Crippen LogP contribution < -0.4 is 10.6 Å². The predicted molar refractivity (Wildman–Crippen MR) is 158 cm³/mol. The Kier molecular flexibility index (Phi) is 7.74. The van der Waals surface area contributed by atoms with Gasteiger partial charge in [0.1, 0.15) is 11.6 Å². The van der Waals surface area contributed by atoms with Gasteiger partial charge in [-0.15, -0.1) is 0 Å². The quantitative estimate of drug-likeness (QED) is 0.493. The molecular weight excluding hydrogens is 516 g/mol. The van der Waals surface area contributed by atoms with Crippen LogP contribution in [0.25, 0.3) is 0 Å². The molecule has 8 heteroatoms. The summed E-state index contributed by atoms with van der Waals surface area (Å²) in [7, 11) is 0. The first-order valence-electron chi connectivity index (χ1n) is 15.8. The van der Waals surface area contributed by atoms with Crippen LogP contribution in [0.3, 0.4) is 0 Å². The Morgan fingerprint density at radius 2 is 1.71 bits per heavy atom. The minimum atomic E-state index is -1.12. The van der Waals surface area contributed by atoms with E-state index in [1.54, 1.807) is 4.90 Å². The molecule has 3 saturated heterocycles. The lowest BCUT2D eigenvalue weighted by molar-refractivity contribution is -0.142. The number of likely N-dealkylation sites (tertiary alicyclic amines) is 2. The third kappa shape index (κ3) is 5.11. The smallest absolute Gasteiger partial charge is 0.246 e. The Labute approximate surface area is 244 Å². The summed E-state index contributed by atoms with van der Waals surface area (Å²) in [5, 5.41) is 6.42. The standard InChI is InChI=1S/C33H46N4O4/c1-20-17-21(2)19-24(18-20)34-30(38)27-26-11-12-33(41-26)28(27)32(40)37(16-15-36-13-6-5-7-14-36)29(33)31(39)35-25-10-8-9-22(3)23(25)4/h11-12,17-19,22-23,25-29H,5-10,13-16H2,1-4H3,(H,34,38)(H,35,39). The molecule has 8 atom stereocenters. The highest BCUT2D eigenvalue weighted by Crippen LogP contribution is 2.55. The molecule has 41 heavy (non-hydrogen) atoms. The number of nitrogens with zero attached hydrogens (tertiary/aromatic N) is 2. The lowest BCUT2D eigenvalue weighted by atomic mass is 9.73. The van der Waals surface area contributed by atoms with Gasteiger partial charge in [-0.1, -0.05) is 51.3 Å². The summed E-state index contributed by atoms with van der Waals surface area (Å²) in [4.78, 5) is 46.4. The Hall–Kier alpha value is -2.71. The van der Waals surface area contributed by atoms with Crippen LogP contribution >= 0.6 is 0 Å². The number of hydrogen-bond acceptors (Lipinski definition) is 5. The summed E-state index contributed by atoms with van der Waals surface area (Å²) in [6.07, 6.45) is 10.1. The van der Waals surface area contributed by atoms with E-state index in [9.17, 15) is 14.4 Å². The van der Waals surface area contributed by atoms with E-state index in [2.05, 4.69) is 35.4 Å². The third-order valence-electron chi connectivity index (χ3n) is 10.6. The van der Waals surface area contributed by atoms with Gasteiger partial charge < -0.3 is 25.2 Å². The summed E-state index contributed by atoms with van der Waals surface area (Å²) >= 11 is 0. The van der Waals surface area contributed by atoms with Crippen molar-refractivity contribution in [1.82, 2.24) is 15.1 Å². The molecule has 1 aromatic rings. The number of rotatable bonds is 7. The second-order valence-electron chi connectivity index (χ2n) is 13.4. The molecule has 0 aromatic heterocycles. The first-order chi connectivity index (χ1) is 19.7. The van der Waals surface area contributed by atoms with Crippen molar-refractivity contribution in [3.63, 3.8) is 0 Å². The summed E-state index contributed by atoms with van der Waals surface area (Å²) < 4.78 is 6.56. The van der Waals surface area contributed by atoms with E-state index < -0.39 is 29.6 Å². The van der Waals surface area contributed by atoms with Crippen molar-refractivity contribution in [1.29, 1.82) is 0 Å². The lowest BCUT2D eigenvalue weighted by Gasteiger charge is -2.38. The largest absolute Gasteiger partial charge is 0.359 e. The molecule has 8 nitrogen and oxygen atoms in total. The maximum atomic E-state index is 14.3. The fraction of sp³-hybridized carbons (Fsp3) is 0.667. The van der Waals surface area contributed by atoms with E-state index >= 15 is 0 Å². The normalized spacial score (nSPS) is 36.4. The van der Waals surface area contributed by atoms with Crippen LogP contribution in [0, 0.1) is 37.5 Å². The van der Waals surface area contributed by atoms with Gasteiger partial charge in [0.2, 0.25) is 17.7 Å². The molecule has 1 saturated carbocycles. The van der Waals surface area contributed by atoms with E-state index in [0.717, 1.165) is 62.1 Å². The number of ether oxygens (including phenoxy) is 1. The van der Waals surface area contributed by atoms with Crippen LogP contribution in [0.1, 0.15) is 63.5 Å². The number of fused-ring (bicyclic) bond motifs is 1. The summed E-state index contributed by atoms with van der Waals surface area (Å²) in [6, 6.07) is 5.23. The van der Waals surface area contributed by atoms with Crippen molar-refractivity contribution < 1.29 is 19.1 Å². The highest BCUT2D eigenvalue weighted by molar-refractivity contribution is 6.02. The van der Waals surface area contributed by atoms with Crippen LogP contribution in [-0.2, 0) is 19.1 Å². The first kappa shape index (κ1) is 28.4. The Bertz CT molecular complexity index is 1210. The van der Waals surface area contributed by atoms with Gasteiger partial charge in [0, 0.05) is 24.8 Å². The van der Waals surface area contributed by atoms with Crippen molar-refractivity contribution in [3.05, 3.63) is 41.5 Å². The van der Waals surface area contributed by atoms with Crippen LogP contribution in [-0.4, -0.2) is 77.5 Å². The van der Waals surface area contributed by atoms with Gasteiger partial charge >= 0.3 is 0 Å². The first-order valence-corrected chi connectivity index (χ1v) is 15.8. The summed E-state index contributed by atoms with van der Waals surface area (Å²) in [5.41, 5.74) is 1.71. The second-order valence-corrected chi connectivity index (χ2v) is 13.4. The zero-order valence-corrected chi connectivity index (χ0v) is 25.0. The number of benzene rings is 1. The third-order valence-corrected chi connectivity index (χ3v) is 10.6. The van der Waals surface area contributed by atoms with Crippen LogP contribution in [0.15, 0.2) is 30.4 Å². The molecule has 2 N–H and O–H groups in total. The van der Waals surface area contributed by atoms with Gasteiger partial charge in [-0.05, 0) is 81.3 Å². The van der Waals surface area contributed by atoms with Gasteiger partial charge in [0.15, 0.2) is 0 Å². The maximum Gasteiger partial charge on any atom is 0.246 e. The molecule has 4 aliphatic heterocycles. The van der Waals surface area contributed by atoms with Crippen molar-refractivity contribution in [3.8, 4) is 0 Å². The molecule has 3 amide bonds. The molecular formula is C33H46N4O4. The number of nitrogens with one attached hydrogen (secondary N) is 2. The Morgan fingerprint density at radius 1 is 0.976 bits per heavy atom. The maximum absolute atomic E-state index is 14.3.